The van der Waals surface area contributed by atoms with Crippen LogP contribution < -0.4 is 4.72 Å². The maximum absolute atomic E-state index is 11.9. The summed E-state index contributed by atoms with van der Waals surface area (Å²) in [4.78, 5) is 9.70. The van der Waals surface area contributed by atoms with Crippen molar-refractivity contribution < 1.29 is 22.4 Å². The molecule has 0 fully saturated rings. The van der Waals surface area contributed by atoms with Gasteiger partial charge in [-0.05, 0) is 23.6 Å². The minimum Gasteiger partial charge on any atom is -0.426 e. The van der Waals surface area contributed by atoms with Crippen molar-refractivity contribution in [3.05, 3.63) is 41.6 Å². The fourth-order valence-electron chi connectivity index (χ4n) is 1.43. The van der Waals surface area contributed by atoms with Crippen LogP contribution in [0.4, 0.5) is 0 Å². The van der Waals surface area contributed by atoms with Gasteiger partial charge in [0, 0.05) is 47.5 Å². The predicted octanol–water partition coefficient (Wildman–Crippen LogP) is 1.67. The van der Waals surface area contributed by atoms with Crippen molar-refractivity contribution in [1.82, 2.24) is 9.14 Å². The van der Waals surface area contributed by atoms with Gasteiger partial charge in [0.2, 0.25) is 0 Å². The first-order valence-electron chi connectivity index (χ1n) is 5.63. The zero-order valence-electron chi connectivity index (χ0n) is 11.5. The molecule has 0 bridgehead atoms. The zero-order chi connectivity index (χ0) is 15.5. The van der Waals surface area contributed by atoms with Crippen molar-refractivity contribution in [1.29, 1.82) is 0 Å². The number of rotatable bonds is 6. The van der Waals surface area contributed by atoms with Gasteiger partial charge < -0.3 is 9.42 Å². The van der Waals surface area contributed by atoms with Crippen molar-refractivity contribution in [3.63, 3.8) is 0 Å². The number of allylic oxidation sites excluding steroid dienone is 2. The topological polar surface area (TPSA) is 95.9 Å². The first-order valence-corrected chi connectivity index (χ1v) is 10.1. The van der Waals surface area contributed by atoms with E-state index in [4.69, 9.17) is 16.3 Å². The average molecular weight is 394 g/mol. The quantitative estimate of drug-likeness (QED) is 0.433. The molecule has 117 valence electrons. The molecule has 1 aromatic rings. The molecule has 1 unspecified atom stereocenters. The Balaban J connectivity index is 0.00000242. The molecule has 0 spiro atoms. The Morgan fingerprint density at radius 3 is 2.86 bits per heavy atom. The number of thiophene rings is 1. The van der Waals surface area contributed by atoms with E-state index < -0.39 is 23.9 Å². The van der Waals surface area contributed by atoms with Crippen LogP contribution in [0.25, 0.3) is 0 Å². The first kappa shape index (κ1) is 20.2. The standard InChI is InChI=1S/C10H12ClN2O5PS2.Na/c11-13-5-1-3-9(7-13)18-19(14,15)8-12-21(16,17)10-4-2-6-20-10;/h1-6,12H,7-8H2,(H,14,15);. The van der Waals surface area contributed by atoms with Crippen LogP contribution in [0.15, 0.2) is 45.8 Å². The molecule has 1 aromatic heterocycles. The van der Waals surface area contributed by atoms with E-state index in [2.05, 4.69) is 4.72 Å². The summed E-state index contributed by atoms with van der Waals surface area (Å²) in [5.41, 5.74) is 0. The molecule has 0 aromatic carbocycles. The minimum absolute atomic E-state index is 0. The number of nitrogens with zero attached hydrogens (tertiary/aromatic N) is 1. The van der Waals surface area contributed by atoms with Gasteiger partial charge in [0.1, 0.15) is 16.3 Å². The SMILES string of the molecule is O=P(O)(CNS(=O)(=O)c1cccs1)OC1=CC=CN(Cl)C1.[Na]. The van der Waals surface area contributed by atoms with Gasteiger partial charge in [0.15, 0.2) is 0 Å². The van der Waals surface area contributed by atoms with E-state index in [0.29, 0.717) is 0 Å². The number of sulfonamides is 1. The summed E-state index contributed by atoms with van der Waals surface area (Å²) in [6.07, 6.45) is 3.85. The molecule has 22 heavy (non-hydrogen) atoms. The van der Waals surface area contributed by atoms with Gasteiger partial charge in [-0.25, -0.2) is 13.0 Å². The molecule has 1 atom stereocenters. The number of hydrogen-bond acceptors (Lipinski definition) is 6. The van der Waals surface area contributed by atoms with E-state index in [1.165, 1.54) is 16.6 Å². The molecule has 2 rings (SSSR count). The fraction of sp³-hybridized carbons (Fsp3) is 0.200. The van der Waals surface area contributed by atoms with Crippen LogP contribution in [-0.2, 0) is 19.1 Å². The molecule has 0 saturated heterocycles. The molecule has 0 aliphatic carbocycles. The summed E-state index contributed by atoms with van der Waals surface area (Å²) in [7, 11) is -7.97. The fourth-order valence-corrected chi connectivity index (χ4v) is 5.19. The van der Waals surface area contributed by atoms with E-state index in [-0.39, 0.29) is 46.1 Å². The third kappa shape index (κ3) is 5.99. The molecule has 1 aliphatic rings. The van der Waals surface area contributed by atoms with Gasteiger partial charge >= 0.3 is 7.60 Å². The number of halogens is 1. The molecule has 1 aliphatic heterocycles. The monoisotopic (exact) mass is 393 g/mol. The average Bonchev–Trinajstić information content (AvgIpc) is 2.91. The summed E-state index contributed by atoms with van der Waals surface area (Å²) < 4.78 is 43.9. The van der Waals surface area contributed by atoms with Gasteiger partial charge in [-0.3, -0.25) is 4.42 Å². The summed E-state index contributed by atoms with van der Waals surface area (Å²) in [6, 6.07) is 2.97. The van der Waals surface area contributed by atoms with Crippen molar-refractivity contribution in [3.8, 4) is 0 Å². The maximum Gasteiger partial charge on any atom is 0.391 e. The Bertz CT molecular complexity index is 707. The molecule has 0 amide bonds. The van der Waals surface area contributed by atoms with Crippen LogP contribution in [0.1, 0.15) is 0 Å². The van der Waals surface area contributed by atoms with Gasteiger partial charge in [-0.1, -0.05) is 6.07 Å². The number of nitrogens with one attached hydrogen (secondary N) is 1. The van der Waals surface area contributed by atoms with Crippen molar-refractivity contribution >= 4 is 70.3 Å². The minimum atomic E-state index is -4.16. The second-order valence-electron chi connectivity index (χ2n) is 4.00. The van der Waals surface area contributed by atoms with Crippen LogP contribution in [0.5, 0.6) is 0 Å². The summed E-state index contributed by atoms with van der Waals surface area (Å²) in [5.74, 6) is 0.175. The van der Waals surface area contributed by atoms with E-state index >= 15 is 0 Å². The Morgan fingerprint density at radius 1 is 1.55 bits per heavy atom. The van der Waals surface area contributed by atoms with Crippen LogP contribution in [-0.4, -0.2) is 60.1 Å². The van der Waals surface area contributed by atoms with Crippen molar-refractivity contribution in [2.45, 2.75) is 4.21 Å². The molecular weight excluding hydrogens is 382 g/mol. The van der Waals surface area contributed by atoms with Crippen molar-refractivity contribution in [2.24, 2.45) is 0 Å². The Kier molecular flexibility index (Phi) is 7.65. The molecular formula is C10H12ClN2NaO5PS2. The molecule has 0 saturated carbocycles. The molecule has 1 radical (unpaired) electrons. The van der Waals surface area contributed by atoms with Gasteiger partial charge in [0.25, 0.3) is 10.0 Å². The Morgan fingerprint density at radius 2 is 2.27 bits per heavy atom. The number of hydrogen-bond donors (Lipinski definition) is 2. The van der Waals surface area contributed by atoms with E-state index in [1.54, 1.807) is 23.7 Å². The molecule has 12 heteroatoms. The second-order valence-corrected chi connectivity index (χ2v) is 9.15. The predicted molar refractivity (Wildman–Crippen MR) is 86.0 cm³/mol. The normalized spacial score (nSPS) is 17.4. The third-order valence-electron chi connectivity index (χ3n) is 2.31. The van der Waals surface area contributed by atoms with Gasteiger partial charge in [-0.15, -0.1) is 11.3 Å². The summed E-state index contributed by atoms with van der Waals surface area (Å²) in [6.45, 7) is 0.111. The van der Waals surface area contributed by atoms with Gasteiger partial charge in [0.05, 0.1) is 6.54 Å². The largest absolute Gasteiger partial charge is 0.426 e. The molecule has 2 heterocycles. The van der Waals surface area contributed by atoms with Crippen LogP contribution in [0.2, 0.25) is 0 Å². The second kappa shape index (κ2) is 8.32. The van der Waals surface area contributed by atoms with E-state index in [1.807, 2.05) is 0 Å². The Hall–Kier alpha value is 0.170. The van der Waals surface area contributed by atoms with Crippen molar-refractivity contribution in [2.75, 3.05) is 12.8 Å². The smallest absolute Gasteiger partial charge is 0.391 e. The summed E-state index contributed by atoms with van der Waals surface area (Å²) >= 11 is 6.71. The van der Waals surface area contributed by atoms with Gasteiger partial charge in [-0.2, -0.15) is 4.72 Å². The van der Waals surface area contributed by atoms with Crippen LogP contribution in [0, 0.1) is 0 Å². The molecule has 2 N–H and O–H groups in total. The van der Waals surface area contributed by atoms with Crippen LogP contribution >= 0.6 is 30.7 Å². The first-order chi connectivity index (χ1) is 9.78. The zero-order valence-corrected chi connectivity index (χ0v) is 16.8. The summed E-state index contributed by atoms with van der Waals surface area (Å²) in [5, 5.41) is 1.60. The third-order valence-corrected chi connectivity index (χ3v) is 6.63. The maximum atomic E-state index is 11.9. The Labute approximate surface area is 159 Å². The van der Waals surface area contributed by atoms with Crippen LogP contribution in [0.3, 0.4) is 0 Å². The van der Waals surface area contributed by atoms with E-state index in [0.717, 1.165) is 11.3 Å². The van der Waals surface area contributed by atoms with E-state index in [9.17, 15) is 17.9 Å². The molecule has 7 nitrogen and oxygen atoms in total.